The van der Waals surface area contributed by atoms with E-state index in [1.165, 1.54) is 19.3 Å². The van der Waals surface area contributed by atoms with Crippen molar-refractivity contribution in [1.29, 1.82) is 0 Å². The minimum Gasteiger partial charge on any atom is -0.464 e. The number of hydrogen-bond donors (Lipinski definition) is 1. The number of unbranched alkanes of at least 4 members (excludes halogenated alkanes) is 1. The van der Waals surface area contributed by atoms with Crippen LogP contribution in [0.3, 0.4) is 0 Å². The molecule has 0 radical (unpaired) electrons. The lowest BCUT2D eigenvalue weighted by Gasteiger charge is -2.37. The van der Waals surface area contributed by atoms with E-state index in [-0.39, 0.29) is 17.4 Å². The molecule has 0 bridgehead atoms. The van der Waals surface area contributed by atoms with E-state index in [1.54, 1.807) is 0 Å². The van der Waals surface area contributed by atoms with E-state index in [0.29, 0.717) is 12.5 Å². The van der Waals surface area contributed by atoms with Gasteiger partial charge in [-0.25, -0.2) is 0 Å². The summed E-state index contributed by atoms with van der Waals surface area (Å²) in [6.45, 7) is 10.2. The Labute approximate surface area is 118 Å². The maximum absolute atomic E-state index is 12.2. The molecule has 0 aromatic rings. The van der Waals surface area contributed by atoms with Crippen molar-refractivity contribution in [3.05, 3.63) is 0 Å². The molecule has 1 heterocycles. The summed E-state index contributed by atoms with van der Waals surface area (Å²) in [6.07, 6.45) is 6.93. The summed E-state index contributed by atoms with van der Waals surface area (Å²) in [5, 5.41) is 3.32. The van der Waals surface area contributed by atoms with Crippen molar-refractivity contribution < 1.29 is 9.53 Å². The Morgan fingerprint density at radius 2 is 2.16 bits per heavy atom. The molecule has 1 aliphatic heterocycles. The van der Waals surface area contributed by atoms with Crippen LogP contribution in [-0.2, 0) is 9.53 Å². The molecule has 2 atom stereocenters. The highest BCUT2D eigenvalue weighted by Gasteiger charge is 2.38. The number of ether oxygens (including phenoxy) is 1. The lowest BCUT2D eigenvalue weighted by molar-refractivity contribution is -0.152. The van der Waals surface area contributed by atoms with Crippen LogP contribution in [0.5, 0.6) is 0 Å². The van der Waals surface area contributed by atoms with E-state index in [9.17, 15) is 4.79 Å². The Morgan fingerprint density at radius 3 is 2.74 bits per heavy atom. The Morgan fingerprint density at radius 1 is 1.42 bits per heavy atom. The van der Waals surface area contributed by atoms with Gasteiger partial charge in [-0.2, -0.15) is 0 Å². The lowest BCUT2D eigenvalue weighted by atomic mass is 9.77. The molecule has 112 valence electrons. The number of esters is 1. The van der Waals surface area contributed by atoms with Gasteiger partial charge in [0.25, 0.3) is 0 Å². The molecule has 1 aliphatic rings. The minimum absolute atomic E-state index is 0.0143. The summed E-state index contributed by atoms with van der Waals surface area (Å²) in [5.41, 5.74) is 0.0143. The molecule has 19 heavy (non-hydrogen) atoms. The van der Waals surface area contributed by atoms with Gasteiger partial charge in [0.05, 0.1) is 6.61 Å². The van der Waals surface area contributed by atoms with Crippen LogP contribution < -0.4 is 5.32 Å². The Balaban J connectivity index is 2.40. The monoisotopic (exact) mass is 269 g/mol. The fourth-order valence-corrected chi connectivity index (χ4v) is 2.79. The van der Waals surface area contributed by atoms with E-state index in [0.717, 1.165) is 25.8 Å². The summed E-state index contributed by atoms with van der Waals surface area (Å²) in [4.78, 5) is 12.2. The number of hydrogen-bond acceptors (Lipinski definition) is 3. The van der Waals surface area contributed by atoms with Crippen molar-refractivity contribution in [3.63, 3.8) is 0 Å². The van der Waals surface area contributed by atoms with Crippen molar-refractivity contribution >= 4 is 5.97 Å². The second-order valence-electron chi connectivity index (χ2n) is 6.53. The van der Waals surface area contributed by atoms with Crippen LogP contribution in [0.4, 0.5) is 0 Å². The van der Waals surface area contributed by atoms with Crippen molar-refractivity contribution in [2.75, 3.05) is 13.2 Å². The topological polar surface area (TPSA) is 38.3 Å². The predicted molar refractivity (Wildman–Crippen MR) is 79.1 cm³/mol. The zero-order valence-corrected chi connectivity index (χ0v) is 13.1. The molecule has 0 spiro atoms. The van der Waals surface area contributed by atoms with Crippen LogP contribution in [-0.4, -0.2) is 25.2 Å². The van der Waals surface area contributed by atoms with Gasteiger partial charge < -0.3 is 10.1 Å². The smallest absolute Gasteiger partial charge is 0.323 e. The third-order valence-electron chi connectivity index (χ3n) is 4.37. The average molecular weight is 269 g/mol. The number of nitrogens with one attached hydrogen (secondary N) is 1. The zero-order chi connectivity index (χ0) is 14.3. The molecule has 1 rings (SSSR count). The second kappa shape index (κ2) is 7.88. The molecule has 3 heteroatoms. The molecular weight excluding hydrogens is 238 g/mol. The number of piperidine rings is 1. The van der Waals surface area contributed by atoms with Gasteiger partial charge in [0, 0.05) is 0 Å². The molecular formula is C16H31NO2. The molecule has 0 aromatic carbocycles. The van der Waals surface area contributed by atoms with Gasteiger partial charge in [0.15, 0.2) is 0 Å². The first-order valence-corrected chi connectivity index (χ1v) is 7.91. The first-order chi connectivity index (χ1) is 9.01. The summed E-state index contributed by atoms with van der Waals surface area (Å²) < 4.78 is 5.57. The maximum Gasteiger partial charge on any atom is 0.323 e. The predicted octanol–water partition coefficient (Wildman–Crippen LogP) is 3.52. The first kappa shape index (κ1) is 16.5. The van der Waals surface area contributed by atoms with Gasteiger partial charge in [-0.05, 0) is 37.1 Å². The van der Waals surface area contributed by atoms with E-state index >= 15 is 0 Å². The van der Waals surface area contributed by atoms with Crippen molar-refractivity contribution in [2.45, 2.75) is 72.3 Å². The Bertz CT molecular complexity index is 276. The third kappa shape index (κ3) is 5.13. The van der Waals surface area contributed by atoms with E-state index < -0.39 is 0 Å². The Kier molecular flexibility index (Phi) is 6.84. The highest BCUT2D eigenvalue weighted by atomic mass is 16.5. The summed E-state index contributed by atoms with van der Waals surface area (Å²) in [6, 6.07) is -0.134. The standard InChI is InChI=1S/C16H31NO2/c1-5-7-9-13(6-2)12-19-15(18)14-16(3,4)10-8-11-17-14/h13-14,17H,5-12H2,1-4H3. The zero-order valence-electron chi connectivity index (χ0n) is 13.1. The summed E-state index contributed by atoms with van der Waals surface area (Å²) in [7, 11) is 0. The molecule has 1 fully saturated rings. The van der Waals surface area contributed by atoms with Crippen molar-refractivity contribution in [3.8, 4) is 0 Å². The molecule has 3 nitrogen and oxygen atoms in total. The highest BCUT2D eigenvalue weighted by molar-refractivity contribution is 5.77. The van der Waals surface area contributed by atoms with Crippen LogP contribution in [0, 0.1) is 11.3 Å². The average Bonchev–Trinajstić information content (AvgIpc) is 2.38. The van der Waals surface area contributed by atoms with Crippen LogP contribution in [0.1, 0.15) is 66.2 Å². The first-order valence-electron chi connectivity index (χ1n) is 7.91. The van der Waals surface area contributed by atoms with Crippen molar-refractivity contribution in [1.82, 2.24) is 5.32 Å². The van der Waals surface area contributed by atoms with E-state index in [4.69, 9.17) is 4.74 Å². The molecule has 1 N–H and O–H groups in total. The second-order valence-corrected chi connectivity index (χ2v) is 6.53. The van der Waals surface area contributed by atoms with Crippen molar-refractivity contribution in [2.24, 2.45) is 11.3 Å². The van der Waals surface area contributed by atoms with Gasteiger partial charge in [-0.3, -0.25) is 4.79 Å². The quantitative estimate of drug-likeness (QED) is 0.719. The SMILES string of the molecule is CCCCC(CC)COC(=O)C1NCCCC1(C)C. The van der Waals surface area contributed by atoms with Crippen LogP contribution >= 0.6 is 0 Å². The fourth-order valence-electron chi connectivity index (χ4n) is 2.79. The van der Waals surface area contributed by atoms with Gasteiger partial charge in [0.1, 0.15) is 6.04 Å². The number of carbonyl (C=O) groups is 1. The minimum atomic E-state index is -0.134. The molecule has 0 aliphatic carbocycles. The molecule has 2 unspecified atom stereocenters. The van der Waals surface area contributed by atoms with E-state index in [1.807, 2.05) is 0 Å². The molecule has 0 amide bonds. The van der Waals surface area contributed by atoms with Crippen LogP contribution in [0.25, 0.3) is 0 Å². The van der Waals surface area contributed by atoms with Crippen LogP contribution in [0.2, 0.25) is 0 Å². The fraction of sp³-hybridized carbons (Fsp3) is 0.938. The third-order valence-corrected chi connectivity index (χ3v) is 4.37. The van der Waals surface area contributed by atoms with Gasteiger partial charge >= 0.3 is 5.97 Å². The normalized spacial score (nSPS) is 23.9. The Hall–Kier alpha value is -0.570. The van der Waals surface area contributed by atoms with Gasteiger partial charge in [0.2, 0.25) is 0 Å². The molecule has 1 saturated heterocycles. The number of rotatable bonds is 7. The summed E-state index contributed by atoms with van der Waals surface area (Å²) >= 11 is 0. The number of carbonyl (C=O) groups excluding carboxylic acids is 1. The lowest BCUT2D eigenvalue weighted by Crippen LogP contribution is -2.52. The molecule has 0 aromatic heterocycles. The maximum atomic E-state index is 12.2. The highest BCUT2D eigenvalue weighted by Crippen LogP contribution is 2.30. The largest absolute Gasteiger partial charge is 0.464 e. The van der Waals surface area contributed by atoms with Crippen LogP contribution in [0.15, 0.2) is 0 Å². The molecule has 0 saturated carbocycles. The van der Waals surface area contributed by atoms with Gasteiger partial charge in [-0.1, -0.05) is 47.0 Å². The summed E-state index contributed by atoms with van der Waals surface area (Å²) in [5.74, 6) is 0.468. The van der Waals surface area contributed by atoms with E-state index in [2.05, 4.69) is 33.0 Å². The van der Waals surface area contributed by atoms with Gasteiger partial charge in [-0.15, -0.1) is 0 Å².